The van der Waals surface area contributed by atoms with E-state index in [1.54, 1.807) is 19.3 Å². The van der Waals surface area contributed by atoms with Gasteiger partial charge in [-0.05, 0) is 74.7 Å². The van der Waals surface area contributed by atoms with Crippen LogP contribution in [-0.2, 0) is 0 Å². The molecule has 18 heavy (non-hydrogen) atoms. The van der Waals surface area contributed by atoms with Crippen molar-refractivity contribution in [3.8, 4) is 0 Å². The highest BCUT2D eigenvalue weighted by Crippen LogP contribution is 2.70. The highest BCUT2D eigenvalue weighted by Gasteiger charge is 2.66. The summed E-state index contributed by atoms with van der Waals surface area (Å²) in [6, 6.07) is 0.876. The summed E-state index contributed by atoms with van der Waals surface area (Å²) < 4.78 is 0. The predicted molar refractivity (Wildman–Crippen MR) is 75.3 cm³/mol. The molecule has 2 bridgehead atoms. The lowest BCUT2D eigenvalue weighted by molar-refractivity contribution is 0.265. The zero-order valence-electron chi connectivity index (χ0n) is 11.9. The second-order valence-electron chi connectivity index (χ2n) is 7.63. The first-order chi connectivity index (χ1) is 8.90. The van der Waals surface area contributed by atoms with Gasteiger partial charge in [0.15, 0.2) is 0 Å². The van der Waals surface area contributed by atoms with Gasteiger partial charge in [-0.2, -0.15) is 0 Å². The fraction of sp³-hybridized carbons (Fsp3) is 1.00. The van der Waals surface area contributed by atoms with E-state index in [-0.39, 0.29) is 0 Å². The fourth-order valence-corrected chi connectivity index (χ4v) is 6.29. The zero-order valence-corrected chi connectivity index (χ0v) is 11.9. The number of fused-ring (bicyclic) bond motifs is 5. The van der Waals surface area contributed by atoms with Gasteiger partial charge in [0.05, 0.1) is 0 Å². The molecule has 0 radical (unpaired) electrons. The van der Waals surface area contributed by atoms with Crippen molar-refractivity contribution in [1.29, 1.82) is 0 Å². The van der Waals surface area contributed by atoms with E-state index in [4.69, 9.17) is 0 Å². The van der Waals surface area contributed by atoms with Crippen molar-refractivity contribution in [2.45, 2.75) is 63.8 Å². The molecule has 4 fully saturated rings. The molecule has 0 amide bonds. The van der Waals surface area contributed by atoms with Gasteiger partial charge in [-0.1, -0.05) is 25.7 Å². The normalized spacial score (nSPS) is 48.8. The Kier molecular flexibility index (Phi) is 2.94. The van der Waals surface area contributed by atoms with Crippen molar-refractivity contribution in [1.82, 2.24) is 5.32 Å². The summed E-state index contributed by atoms with van der Waals surface area (Å²) >= 11 is 0. The molecule has 0 saturated heterocycles. The average molecular weight is 247 g/mol. The topological polar surface area (TPSA) is 12.0 Å². The highest BCUT2D eigenvalue weighted by molar-refractivity contribution is 5.16. The van der Waals surface area contributed by atoms with Crippen molar-refractivity contribution < 1.29 is 0 Å². The molecule has 4 aliphatic rings. The minimum absolute atomic E-state index is 0.876. The second kappa shape index (κ2) is 4.51. The van der Waals surface area contributed by atoms with E-state index >= 15 is 0 Å². The molecular formula is C17H29N. The van der Waals surface area contributed by atoms with E-state index in [0.717, 1.165) is 41.5 Å². The largest absolute Gasteiger partial charge is 0.316 e. The van der Waals surface area contributed by atoms with Gasteiger partial charge >= 0.3 is 0 Å². The van der Waals surface area contributed by atoms with Gasteiger partial charge in [-0.3, -0.25) is 0 Å². The smallest absolute Gasteiger partial charge is 0.0126 e. The van der Waals surface area contributed by atoms with Crippen LogP contribution >= 0.6 is 0 Å². The molecule has 0 spiro atoms. The number of rotatable bonds is 3. The SMILES string of the molecule is CNC(C1CCCCCC1)C1C2C3CCC(C3)C21. The molecule has 1 nitrogen and oxygen atoms in total. The van der Waals surface area contributed by atoms with Gasteiger partial charge in [0, 0.05) is 6.04 Å². The number of nitrogens with one attached hydrogen (secondary N) is 1. The third-order valence-corrected chi connectivity index (χ3v) is 6.95. The minimum Gasteiger partial charge on any atom is -0.316 e. The fourth-order valence-electron chi connectivity index (χ4n) is 6.29. The number of hydrogen-bond acceptors (Lipinski definition) is 1. The van der Waals surface area contributed by atoms with Crippen molar-refractivity contribution in [2.75, 3.05) is 7.05 Å². The Morgan fingerprint density at radius 2 is 1.44 bits per heavy atom. The molecule has 4 aliphatic carbocycles. The first-order valence-corrected chi connectivity index (χ1v) is 8.57. The molecule has 0 heterocycles. The second-order valence-corrected chi connectivity index (χ2v) is 7.63. The molecule has 0 aromatic carbocycles. The molecule has 102 valence electrons. The van der Waals surface area contributed by atoms with Crippen molar-refractivity contribution in [3.63, 3.8) is 0 Å². The molecule has 0 aromatic rings. The first-order valence-electron chi connectivity index (χ1n) is 8.57. The summed E-state index contributed by atoms with van der Waals surface area (Å²) in [5.41, 5.74) is 0. The lowest BCUT2D eigenvalue weighted by Crippen LogP contribution is -2.37. The Hall–Kier alpha value is -0.0400. The van der Waals surface area contributed by atoms with Crippen LogP contribution in [0.5, 0.6) is 0 Å². The van der Waals surface area contributed by atoms with Gasteiger partial charge in [-0.25, -0.2) is 0 Å². The van der Waals surface area contributed by atoms with Crippen LogP contribution in [0.25, 0.3) is 0 Å². The van der Waals surface area contributed by atoms with Gasteiger partial charge in [-0.15, -0.1) is 0 Å². The van der Waals surface area contributed by atoms with Crippen LogP contribution in [-0.4, -0.2) is 13.1 Å². The summed E-state index contributed by atoms with van der Waals surface area (Å²) in [6.07, 6.45) is 13.8. The summed E-state index contributed by atoms with van der Waals surface area (Å²) in [5, 5.41) is 3.76. The van der Waals surface area contributed by atoms with E-state index in [2.05, 4.69) is 12.4 Å². The standard InChI is InChI=1S/C17H29N/c1-18-17(11-6-4-2-3-5-7-11)16-14-12-8-9-13(10-12)15(14)16/h11-18H,2-10H2,1H3. The molecule has 5 atom stereocenters. The van der Waals surface area contributed by atoms with Gasteiger partial charge in [0.2, 0.25) is 0 Å². The number of hydrogen-bond donors (Lipinski definition) is 1. The molecule has 4 saturated carbocycles. The molecule has 0 aliphatic heterocycles. The Morgan fingerprint density at radius 3 is 2.00 bits per heavy atom. The Morgan fingerprint density at radius 1 is 0.833 bits per heavy atom. The maximum absolute atomic E-state index is 3.76. The van der Waals surface area contributed by atoms with Crippen molar-refractivity contribution in [3.05, 3.63) is 0 Å². The average Bonchev–Trinajstić information content (AvgIpc) is 2.94. The van der Waals surface area contributed by atoms with E-state index < -0.39 is 0 Å². The summed E-state index contributed by atoms with van der Waals surface area (Å²) in [7, 11) is 2.24. The van der Waals surface area contributed by atoms with Crippen LogP contribution in [0.4, 0.5) is 0 Å². The van der Waals surface area contributed by atoms with Crippen LogP contribution in [0.15, 0.2) is 0 Å². The maximum atomic E-state index is 3.76. The van der Waals surface area contributed by atoms with Crippen molar-refractivity contribution >= 4 is 0 Å². The van der Waals surface area contributed by atoms with Crippen LogP contribution in [0, 0.1) is 35.5 Å². The van der Waals surface area contributed by atoms with Crippen LogP contribution in [0.2, 0.25) is 0 Å². The van der Waals surface area contributed by atoms with E-state index in [1.807, 2.05) is 0 Å². The van der Waals surface area contributed by atoms with Gasteiger partial charge in [0.25, 0.3) is 0 Å². The van der Waals surface area contributed by atoms with E-state index in [0.29, 0.717) is 0 Å². The van der Waals surface area contributed by atoms with Crippen LogP contribution < -0.4 is 5.32 Å². The highest BCUT2D eigenvalue weighted by atomic mass is 14.9. The molecule has 5 unspecified atom stereocenters. The van der Waals surface area contributed by atoms with E-state index in [9.17, 15) is 0 Å². The molecule has 0 aromatic heterocycles. The van der Waals surface area contributed by atoms with Crippen LogP contribution in [0.3, 0.4) is 0 Å². The van der Waals surface area contributed by atoms with Crippen molar-refractivity contribution in [2.24, 2.45) is 35.5 Å². The molecule has 1 heteroatoms. The lowest BCUT2D eigenvalue weighted by atomic mass is 9.85. The summed E-state index contributed by atoms with van der Waals surface area (Å²) in [5.74, 6) is 6.70. The Balaban J connectivity index is 1.46. The summed E-state index contributed by atoms with van der Waals surface area (Å²) in [4.78, 5) is 0. The predicted octanol–water partition coefficient (Wildman–Crippen LogP) is 3.84. The zero-order chi connectivity index (χ0) is 12.1. The summed E-state index contributed by atoms with van der Waals surface area (Å²) in [6.45, 7) is 0. The van der Waals surface area contributed by atoms with Gasteiger partial charge in [0.1, 0.15) is 0 Å². The molecule has 1 N–H and O–H groups in total. The third-order valence-electron chi connectivity index (χ3n) is 6.95. The lowest BCUT2D eigenvalue weighted by Gasteiger charge is -2.28. The monoisotopic (exact) mass is 247 g/mol. The third kappa shape index (κ3) is 1.69. The Labute approximate surface area is 112 Å². The molecular weight excluding hydrogens is 218 g/mol. The molecule has 4 rings (SSSR count). The van der Waals surface area contributed by atoms with E-state index in [1.165, 1.54) is 38.5 Å². The quantitative estimate of drug-likeness (QED) is 0.747. The van der Waals surface area contributed by atoms with Crippen LogP contribution in [0.1, 0.15) is 57.8 Å². The maximum Gasteiger partial charge on any atom is 0.0126 e. The Bertz CT molecular complexity index is 289. The first kappa shape index (κ1) is 11.8. The van der Waals surface area contributed by atoms with Gasteiger partial charge < -0.3 is 5.32 Å². The minimum atomic E-state index is 0.876.